The number of urea groups is 1. The number of aldehydes is 1. The molecule has 0 aliphatic carbocycles. The number of nitriles is 1. The first-order valence-electron chi connectivity index (χ1n) is 11.0. The Labute approximate surface area is 203 Å². The number of piperazine rings is 1. The van der Waals surface area contributed by atoms with Crippen molar-refractivity contribution in [3.05, 3.63) is 46.9 Å². The summed E-state index contributed by atoms with van der Waals surface area (Å²) in [5.41, 5.74) is 1.59. The summed E-state index contributed by atoms with van der Waals surface area (Å²) in [6.45, 7) is 5.89. The highest BCUT2D eigenvalue weighted by Crippen LogP contribution is 2.23. The third-order valence-electron chi connectivity index (χ3n) is 5.37. The molecule has 0 aromatic carbocycles. The number of anilines is 2. The van der Waals surface area contributed by atoms with Gasteiger partial charge in [-0.15, -0.1) is 0 Å². The average molecular weight is 478 g/mol. The highest BCUT2D eigenvalue weighted by Gasteiger charge is 2.22. The molecule has 1 fully saturated rings. The molecule has 2 aromatic rings. The molecule has 3 heterocycles. The lowest BCUT2D eigenvalue weighted by atomic mass is 10.1. The van der Waals surface area contributed by atoms with Crippen molar-refractivity contribution in [2.24, 2.45) is 0 Å². The van der Waals surface area contributed by atoms with Crippen LogP contribution in [0.4, 0.5) is 16.4 Å². The van der Waals surface area contributed by atoms with Crippen LogP contribution in [0.2, 0.25) is 0 Å². The summed E-state index contributed by atoms with van der Waals surface area (Å²) in [4.78, 5) is 49.4. The third-order valence-corrected chi connectivity index (χ3v) is 5.37. The van der Waals surface area contributed by atoms with Gasteiger partial charge in [-0.1, -0.05) is 6.07 Å². The van der Waals surface area contributed by atoms with Gasteiger partial charge >= 0.3 is 6.03 Å². The fourth-order valence-corrected chi connectivity index (χ4v) is 3.49. The second-order valence-corrected chi connectivity index (χ2v) is 8.37. The Kier molecular flexibility index (Phi) is 8.15. The summed E-state index contributed by atoms with van der Waals surface area (Å²) in [7, 11) is 3.43. The molecule has 0 saturated carbocycles. The zero-order chi connectivity index (χ0) is 25.5. The van der Waals surface area contributed by atoms with Gasteiger partial charge in [0.2, 0.25) is 0 Å². The van der Waals surface area contributed by atoms with Crippen molar-refractivity contribution in [2.75, 3.05) is 43.9 Å². The fourth-order valence-electron chi connectivity index (χ4n) is 3.49. The van der Waals surface area contributed by atoms with Crippen LogP contribution in [0.1, 0.15) is 35.5 Å². The summed E-state index contributed by atoms with van der Waals surface area (Å²) in [6, 6.07) is 6.28. The van der Waals surface area contributed by atoms with Crippen LogP contribution in [0, 0.1) is 11.3 Å². The number of ether oxygens (including phenoxy) is 1. The van der Waals surface area contributed by atoms with E-state index in [1.165, 1.54) is 24.2 Å². The number of hydrogen-bond donors (Lipinski definition) is 1. The summed E-state index contributed by atoms with van der Waals surface area (Å²) in [5.74, 6) is 2.75. The average Bonchev–Trinajstić information content (AvgIpc) is 2.84. The van der Waals surface area contributed by atoms with Crippen molar-refractivity contribution in [3.63, 3.8) is 0 Å². The molecule has 11 heteroatoms. The SMILES string of the molecule is CC(C)Oc1cc(NC(=O)N(C)c2ccc(CN3CCN(C)CC3=C=O)c(C=O)n2)ncc1C#N. The molecule has 3 rings (SSSR count). The Morgan fingerprint density at radius 3 is 2.80 bits per heavy atom. The predicted octanol–water partition coefficient (Wildman–Crippen LogP) is 2.08. The highest BCUT2D eigenvalue weighted by molar-refractivity contribution is 6.00. The topological polar surface area (TPSA) is 132 Å². The van der Waals surface area contributed by atoms with Crippen LogP contribution in [-0.4, -0.2) is 77.9 Å². The van der Waals surface area contributed by atoms with Crippen LogP contribution in [0.3, 0.4) is 0 Å². The van der Waals surface area contributed by atoms with Crippen molar-refractivity contribution >= 4 is 29.9 Å². The Hall–Kier alpha value is -4.26. The van der Waals surface area contributed by atoms with Crippen LogP contribution in [0.15, 0.2) is 30.1 Å². The number of rotatable bonds is 7. The van der Waals surface area contributed by atoms with E-state index in [1.807, 2.05) is 42.7 Å². The van der Waals surface area contributed by atoms with Crippen molar-refractivity contribution < 1.29 is 19.1 Å². The van der Waals surface area contributed by atoms with Crippen molar-refractivity contribution in [3.8, 4) is 11.8 Å². The zero-order valence-corrected chi connectivity index (χ0v) is 20.1. The van der Waals surface area contributed by atoms with E-state index in [2.05, 4.69) is 15.3 Å². The van der Waals surface area contributed by atoms with E-state index in [9.17, 15) is 19.6 Å². The fraction of sp³-hybridized carbons (Fsp3) is 0.375. The number of nitrogens with one attached hydrogen (secondary N) is 1. The second-order valence-electron chi connectivity index (χ2n) is 8.37. The maximum absolute atomic E-state index is 12.8. The molecule has 1 N–H and O–H groups in total. The number of likely N-dealkylation sites (N-methyl/N-ethyl adjacent to an activating group) is 1. The number of aromatic nitrogens is 2. The molecular formula is C24H27N7O4. The smallest absolute Gasteiger partial charge is 0.328 e. The summed E-state index contributed by atoms with van der Waals surface area (Å²) in [6.07, 6.45) is 1.79. The largest absolute Gasteiger partial charge is 0.489 e. The Morgan fingerprint density at radius 2 is 2.14 bits per heavy atom. The molecular weight excluding hydrogens is 450 g/mol. The number of carbonyl (C=O) groups excluding carboxylic acids is 3. The van der Waals surface area contributed by atoms with E-state index in [1.54, 1.807) is 12.1 Å². The predicted molar refractivity (Wildman–Crippen MR) is 129 cm³/mol. The molecule has 11 nitrogen and oxygen atoms in total. The van der Waals surface area contributed by atoms with Gasteiger partial charge in [0.05, 0.1) is 12.3 Å². The monoisotopic (exact) mass is 477 g/mol. The summed E-state index contributed by atoms with van der Waals surface area (Å²) >= 11 is 0. The van der Waals surface area contributed by atoms with Crippen molar-refractivity contribution in [1.29, 1.82) is 5.26 Å². The Balaban J connectivity index is 1.75. The van der Waals surface area contributed by atoms with Gasteiger partial charge in [0.1, 0.15) is 46.4 Å². The molecule has 182 valence electrons. The first-order valence-corrected chi connectivity index (χ1v) is 11.0. The lowest BCUT2D eigenvalue weighted by molar-refractivity contribution is 0.111. The quantitative estimate of drug-likeness (QED) is 0.470. The number of hydrogen-bond acceptors (Lipinski definition) is 9. The normalized spacial score (nSPS) is 13.7. The maximum atomic E-state index is 12.8. The molecule has 1 aliphatic rings. The second kappa shape index (κ2) is 11.2. The van der Waals surface area contributed by atoms with Crippen LogP contribution >= 0.6 is 0 Å². The molecule has 35 heavy (non-hydrogen) atoms. The van der Waals surface area contributed by atoms with Crippen LogP contribution < -0.4 is 15.0 Å². The van der Waals surface area contributed by atoms with Gasteiger partial charge in [-0.2, -0.15) is 5.26 Å². The van der Waals surface area contributed by atoms with E-state index in [0.717, 1.165) is 6.54 Å². The molecule has 0 unspecified atom stereocenters. The van der Waals surface area contributed by atoms with E-state index >= 15 is 0 Å². The Bertz CT molecular complexity index is 1200. The molecule has 0 radical (unpaired) electrons. The minimum Gasteiger partial charge on any atom is -0.489 e. The van der Waals surface area contributed by atoms with Gasteiger partial charge in [0, 0.05) is 44.9 Å². The number of pyridine rings is 2. The van der Waals surface area contributed by atoms with Crippen molar-refractivity contribution in [2.45, 2.75) is 26.5 Å². The van der Waals surface area contributed by atoms with Gasteiger partial charge in [0.15, 0.2) is 6.29 Å². The number of carbonyl (C=O) groups is 2. The standard InChI is InChI=1S/C24H27N7O4/c1-16(2)35-21-9-22(26-11-18(21)10-25)28-24(34)30(4)23-6-5-17(20(15-33)27-23)12-31-8-7-29(3)13-19(31)14-32/h5-6,9,11,15-16H,7-8,12-13H2,1-4H3,(H,26,28,34). The van der Waals surface area contributed by atoms with Crippen molar-refractivity contribution in [1.82, 2.24) is 19.8 Å². The molecule has 2 amide bonds. The van der Waals surface area contributed by atoms with Gasteiger partial charge in [-0.3, -0.25) is 19.9 Å². The molecule has 0 spiro atoms. The molecule has 0 bridgehead atoms. The van der Waals surface area contributed by atoms with Gasteiger partial charge in [-0.05, 0) is 27.0 Å². The van der Waals surface area contributed by atoms with Gasteiger partial charge in [0.25, 0.3) is 0 Å². The van der Waals surface area contributed by atoms with Crippen LogP contribution in [0.25, 0.3) is 0 Å². The molecule has 1 aliphatic heterocycles. The van der Waals surface area contributed by atoms with Gasteiger partial charge < -0.3 is 9.64 Å². The lowest BCUT2D eigenvalue weighted by Crippen LogP contribution is -2.42. The van der Waals surface area contributed by atoms with E-state index in [0.29, 0.717) is 42.9 Å². The molecule has 2 aromatic heterocycles. The van der Waals surface area contributed by atoms with E-state index in [-0.39, 0.29) is 29.0 Å². The number of amides is 2. The zero-order valence-electron chi connectivity index (χ0n) is 20.1. The maximum Gasteiger partial charge on any atom is 0.328 e. The first kappa shape index (κ1) is 25.4. The molecule has 0 atom stereocenters. The summed E-state index contributed by atoms with van der Waals surface area (Å²) < 4.78 is 5.62. The number of nitrogens with zero attached hydrogens (tertiary/aromatic N) is 6. The third kappa shape index (κ3) is 6.20. The molecule has 1 saturated heterocycles. The van der Waals surface area contributed by atoms with E-state index < -0.39 is 6.03 Å². The van der Waals surface area contributed by atoms with Gasteiger partial charge in [-0.25, -0.2) is 19.6 Å². The minimum atomic E-state index is -0.542. The Morgan fingerprint density at radius 1 is 1.37 bits per heavy atom. The minimum absolute atomic E-state index is 0.163. The first-order chi connectivity index (χ1) is 16.7. The van der Waals surface area contributed by atoms with Crippen LogP contribution in [0.5, 0.6) is 5.75 Å². The van der Waals surface area contributed by atoms with Crippen LogP contribution in [-0.2, 0) is 11.3 Å². The lowest BCUT2D eigenvalue weighted by Gasteiger charge is -2.34. The summed E-state index contributed by atoms with van der Waals surface area (Å²) in [5, 5.41) is 11.9. The highest BCUT2D eigenvalue weighted by atomic mass is 16.5. The van der Waals surface area contributed by atoms with E-state index in [4.69, 9.17) is 4.74 Å².